The number of aryl methyl sites for hydroxylation is 1. The number of rotatable bonds is 9. The van der Waals surface area contributed by atoms with E-state index in [9.17, 15) is 14.7 Å². The number of ether oxygens (including phenoxy) is 1. The topological polar surface area (TPSA) is 97.8 Å². The highest BCUT2D eigenvalue weighted by Gasteiger charge is 2.47. The van der Waals surface area contributed by atoms with Crippen molar-refractivity contribution in [1.82, 2.24) is 14.5 Å². The third-order valence-corrected chi connectivity index (χ3v) is 5.31. The minimum atomic E-state index is -0.798. The lowest BCUT2D eigenvalue weighted by molar-refractivity contribution is -0.140. The fourth-order valence-electron chi connectivity index (χ4n) is 3.80. The third kappa shape index (κ3) is 4.30. The number of aliphatic hydroxyl groups is 1. The summed E-state index contributed by atoms with van der Waals surface area (Å²) in [6, 6.07) is 9.46. The number of ketones is 1. The van der Waals surface area contributed by atoms with E-state index in [1.807, 2.05) is 17.7 Å². The molecule has 1 amide bonds. The van der Waals surface area contributed by atoms with Gasteiger partial charge in [0.1, 0.15) is 23.3 Å². The van der Waals surface area contributed by atoms with E-state index in [-0.39, 0.29) is 11.3 Å². The summed E-state index contributed by atoms with van der Waals surface area (Å²) in [6.07, 6.45) is 8.17. The number of carbonyl (C=O) groups excluding carboxylic acids is 2. The van der Waals surface area contributed by atoms with Crippen LogP contribution in [0.5, 0.6) is 5.75 Å². The summed E-state index contributed by atoms with van der Waals surface area (Å²) in [6.45, 7) is 3.51. The number of hydrogen-bond donors (Lipinski definition) is 1. The van der Waals surface area contributed by atoms with Gasteiger partial charge in [-0.25, -0.2) is 4.98 Å². The Balaban J connectivity index is 1.66. The molecular weight excluding hydrogens is 410 g/mol. The second-order valence-electron chi connectivity index (χ2n) is 7.54. The van der Waals surface area contributed by atoms with Crippen molar-refractivity contribution in [1.29, 1.82) is 0 Å². The molecule has 1 aliphatic heterocycles. The first-order chi connectivity index (χ1) is 15.6. The lowest BCUT2D eigenvalue weighted by atomic mass is 9.99. The molecule has 0 spiro atoms. The molecule has 2 aromatic heterocycles. The van der Waals surface area contributed by atoms with Crippen LogP contribution in [0.1, 0.15) is 37.1 Å². The molecule has 3 heterocycles. The average Bonchev–Trinajstić information content (AvgIpc) is 3.56. The molecular formula is C24H25N3O5. The zero-order valence-electron chi connectivity index (χ0n) is 17.8. The van der Waals surface area contributed by atoms with Crippen LogP contribution in [0.4, 0.5) is 0 Å². The van der Waals surface area contributed by atoms with Crippen LogP contribution in [0, 0.1) is 0 Å². The minimum Gasteiger partial charge on any atom is -0.507 e. The Morgan fingerprint density at radius 3 is 2.81 bits per heavy atom. The van der Waals surface area contributed by atoms with E-state index in [1.54, 1.807) is 48.9 Å². The Hall–Kier alpha value is -3.81. The molecule has 0 radical (unpaired) electrons. The largest absolute Gasteiger partial charge is 0.507 e. The van der Waals surface area contributed by atoms with Crippen LogP contribution in [-0.4, -0.2) is 44.4 Å². The number of aliphatic hydroxyl groups excluding tert-OH is 1. The molecule has 1 aromatic carbocycles. The van der Waals surface area contributed by atoms with Gasteiger partial charge in [-0.1, -0.05) is 19.1 Å². The number of amides is 1. The van der Waals surface area contributed by atoms with Crippen LogP contribution in [0.3, 0.4) is 0 Å². The standard InChI is InChI=1S/C24H25N3O5/c1-2-13-31-18-7-3-6-17(15-18)22(28)20-21(19-8-4-14-32-19)27(24(30)23(20)29)11-5-10-26-12-9-25-16-26/h3-4,6-9,12,14-16,21,28H,2,5,10-11,13H2,1H3. The van der Waals surface area contributed by atoms with Gasteiger partial charge in [0.2, 0.25) is 0 Å². The number of furan rings is 1. The first-order valence-corrected chi connectivity index (χ1v) is 10.6. The first-order valence-electron chi connectivity index (χ1n) is 10.6. The number of nitrogens with zero attached hydrogens (tertiary/aromatic N) is 3. The Labute approximate surface area is 185 Å². The summed E-state index contributed by atoms with van der Waals surface area (Å²) in [7, 11) is 0. The SMILES string of the molecule is CCCOc1cccc(C(O)=C2C(=O)C(=O)N(CCCn3ccnc3)C2c2ccco2)c1. The van der Waals surface area contributed by atoms with Crippen molar-refractivity contribution in [3.05, 3.63) is 78.3 Å². The van der Waals surface area contributed by atoms with Crippen molar-refractivity contribution in [2.75, 3.05) is 13.2 Å². The monoisotopic (exact) mass is 435 g/mol. The van der Waals surface area contributed by atoms with Crippen molar-refractivity contribution < 1.29 is 23.8 Å². The molecule has 8 heteroatoms. The van der Waals surface area contributed by atoms with Gasteiger partial charge in [-0.3, -0.25) is 9.59 Å². The van der Waals surface area contributed by atoms with E-state index < -0.39 is 17.7 Å². The molecule has 1 fully saturated rings. The van der Waals surface area contributed by atoms with E-state index in [2.05, 4.69) is 4.98 Å². The van der Waals surface area contributed by atoms with E-state index >= 15 is 0 Å². The van der Waals surface area contributed by atoms with Crippen LogP contribution in [0.2, 0.25) is 0 Å². The van der Waals surface area contributed by atoms with Crippen LogP contribution in [0.25, 0.3) is 5.76 Å². The third-order valence-electron chi connectivity index (χ3n) is 5.31. The van der Waals surface area contributed by atoms with Gasteiger partial charge in [-0.15, -0.1) is 0 Å². The maximum Gasteiger partial charge on any atom is 0.295 e. The first kappa shape index (κ1) is 21.4. The summed E-state index contributed by atoms with van der Waals surface area (Å²) in [5.41, 5.74) is 0.423. The van der Waals surface area contributed by atoms with Crippen LogP contribution in [-0.2, 0) is 16.1 Å². The zero-order valence-corrected chi connectivity index (χ0v) is 17.8. The summed E-state index contributed by atoms with van der Waals surface area (Å²) in [4.78, 5) is 31.4. The highest BCUT2D eigenvalue weighted by molar-refractivity contribution is 6.46. The van der Waals surface area contributed by atoms with Crippen LogP contribution >= 0.6 is 0 Å². The molecule has 0 aliphatic carbocycles. The summed E-state index contributed by atoms with van der Waals surface area (Å²) < 4.78 is 13.1. The van der Waals surface area contributed by atoms with Crippen molar-refractivity contribution in [3.8, 4) is 5.75 Å². The summed E-state index contributed by atoms with van der Waals surface area (Å²) in [5.74, 6) is -0.626. The second-order valence-corrected chi connectivity index (χ2v) is 7.54. The maximum absolute atomic E-state index is 13.0. The maximum atomic E-state index is 13.0. The van der Waals surface area contributed by atoms with E-state index in [0.29, 0.717) is 43.2 Å². The molecule has 0 saturated carbocycles. The number of benzene rings is 1. The number of carbonyl (C=O) groups is 2. The molecule has 1 atom stereocenters. The second kappa shape index (κ2) is 9.55. The van der Waals surface area contributed by atoms with Gasteiger partial charge >= 0.3 is 0 Å². The molecule has 1 saturated heterocycles. The number of imidazole rings is 1. The lowest BCUT2D eigenvalue weighted by Crippen LogP contribution is -2.31. The van der Waals surface area contributed by atoms with Gasteiger partial charge in [0, 0.05) is 31.0 Å². The summed E-state index contributed by atoms with van der Waals surface area (Å²) in [5, 5.41) is 11.1. The molecule has 3 aromatic rings. The zero-order chi connectivity index (χ0) is 22.5. The van der Waals surface area contributed by atoms with Crippen molar-refractivity contribution in [2.45, 2.75) is 32.4 Å². The van der Waals surface area contributed by atoms with Gasteiger partial charge in [-0.05, 0) is 37.1 Å². The molecule has 1 unspecified atom stereocenters. The van der Waals surface area contributed by atoms with E-state index in [4.69, 9.17) is 9.15 Å². The fourth-order valence-corrected chi connectivity index (χ4v) is 3.80. The Bertz CT molecular complexity index is 1100. The molecule has 166 valence electrons. The number of likely N-dealkylation sites (tertiary alicyclic amines) is 1. The van der Waals surface area contributed by atoms with Crippen LogP contribution < -0.4 is 4.74 Å². The van der Waals surface area contributed by atoms with Gasteiger partial charge in [0.25, 0.3) is 11.7 Å². The minimum absolute atomic E-state index is 0.0141. The molecule has 0 bridgehead atoms. The smallest absolute Gasteiger partial charge is 0.295 e. The van der Waals surface area contributed by atoms with Crippen LogP contribution in [0.15, 0.2) is 71.4 Å². The molecule has 8 nitrogen and oxygen atoms in total. The van der Waals surface area contributed by atoms with E-state index in [0.717, 1.165) is 6.42 Å². The Kier molecular flexibility index (Phi) is 6.39. The lowest BCUT2D eigenvalue weighted by Gasteiger charge is -2.23. The number of aromatic nitrogens is 2. The average molecular weight is 435 g/mol. The highest BCUT2D eigenvalue weighted by Crippen LogP contribution is 2.40. The fraction of sp³-hybridized carbons (Fsp3) is 0.292. The predicted octanol–water partition coefficient (Wildman–Crippen LogP) is 3.78. The Morgan fingerprint density at radius 1 is 1.22 bits per heavy atom. The summed E-state index contributed by atoms with van der Waals surface area (Å²) >= 11 is 0. The van der Waals surface area contributed by atoms with Gasteiger partial charge in [0.15, 0.2) is 0 Å². The van der Waals surface area contributed by atoms with E-state index in [1.165, 1.54) is 11.2 Å². The van der Waals surface area contributed by atoms with Gasteiger partial charge < -0.3 is 23.7 Å². The quantitative estimate of drug-likeness (QED) is 0.312. The number of hydrogen-bond acceptors (Lipinski definition) is 6. The van der Waals surface area contributed by atoms with Crippen molar-refractivity contribution >= 4 is 17.4 Å². The van der Waals surface area contributed by atoms with Crippen molar-refractivity contribution in [3.63, 3.8) is 0 Å². The molecule has 4 rings (SSSR count). The van der Waals surface area contributed by atoms with Gasteiger partial charge in [-0.2, -0.15) is 0 Å². The normalized spacial score (nSPS) is 17.8. The number of Topliss-reactive ketones (excluding diaryl/α,β-unsaturated/α-hetero) is 1. The molecule has 32 heavy (non-hydrogen) atoms. The predicted molar refractivity (Wildman–Crippen MR) is 117 cm³/mol. The van der Waals surface area contributed by atoms with Gasteiger partial charge in [0.05, 0.1) is 24.8 Å². The molecule has 1 N–H and O–H groups in total. The van der Waals surface area contributed by atoms with Crippen molar-refractivity contribution in [2.24, 2.45) is 0 Å². The highest BCUT2D eigenvalue weighted by atomic mass is 16.5. The molecule has 1 aliphatic rings. The Morgan fingerprint density at radius 2 is 2.09 bits per heavy atom.